The number of ether oxygens (including phenoxy) is 3. The molecule has 3 atom stereocenters. The molecule has 1 aliphatic heterocycles. The Labute approximate surface area is 152 Å². The maximum Gasteiger partial charge on any atom is 0.410 e. The molecule has 0 unspecified atom stereocenters. The van der Waals surface area contributed by atoms with Crippen LogP contribution in [0.2, 0.25) is 0 Å². The van der Waals surface area contributed by atoms with Crippen LogP contribution in [0.5, 0.6) is 0 Å². The van der Waals surface area contributed by atoms with Gasteiger partial charge in [-0.25, -0.2) is 4.79 Å². The third-order valence-electron chi connectivity index (χ3n) is 4.21. The van der Waals surface area contributed by atoms with E-state index in [0.29, 0.717) is 19.8 Å². The Balaban J connectivity index is 2.85. The van der Waals surface area contributed by atoms with Gasteiger partial charge in [-0.1, -0.05) is 26.7 Å². The van der Waals surface area contributed by atoms with Crippen molar-refractivity contribution in [3.8, 4) is 0 Å². The lowest BCUT2D eigenvalue weighted by molar-refractivity contribution is -0.0889. The van der Waals surface area contributed by atoms with Crippen LogP contribution >= 0.6 is 0 Å². The number of β-amino-alcohol motifs (C(OH)–C–C–N with tert-alkyl or cyclic N) is 1. The molecule has 0 saturated carbocycles. The lowest BCUT2D eigenvalue weighted by Crippen LogP contribution is -2.47. The van der Waals surface area contributed by atoms with E-state index in [2.05, 4.69) is 13.8 Å². The van der Waals surface area contributed by atoms with E-state index in [4.69, 9.17) is 14.2 Å². The van der Waals surface area contributed by atoms with Crippen LogP contribution in [-0.4, -0.2) is 65.8 Å². The highest BCUT2D eigenvalue weighted by atomic mass is 16.6. The molecule has 0 aromatic carbocycles. The van der Waals surface area contributed by atoms with E-state index in [-0.39, 0.29) is 12.6 Å². The summed E-state index contributed by atoms with van der Waals surface area (Å²) in [7, 11) is 0. The highest BCUT2D eigenvalue weighted by Crippen LogP contribution is 2.32. The maximum atomic E-state index is 12.6. The van der Waals surface area contributed by atoms with Crippen molar-refractivity contribution < 1.29 is 24.1 Å². The van der Waals surface area contributed by atoms with Crippen LogP contribution in [0.1, 0.15) is 67.2 Å². The Morgan fingerprint density at radius 1 is 1.20 bits per heavy atom. The van der Waals surface area contributed by atoms with Crippen LogP contribution in [0.15, 0.2) is 0 Å². The fraction of sp³-hybridized carbons (Fsp3) is 0.947. The molecule has 0 aromatic rings. The number of unbranched alkanes of at least 4 members (excludes halogenated alkanes) is 2. The molecule has 148 valence electrons. The number of hydrogen-bond donors (Lipinski definition) is 1. The van der Waals surface area contributed by atoms with E-state index < -0.39 is 23.4 Å². The molecule has 1 aliphatic rings. The summed E-state index contributed by atoms with van der Waals surface area (Å²) in [5.74, 6) is 0. The van der Waals surface area contributed by atoms with Crippen molar-refractivity contribution in [1.82, 2.24) is 4.90 Å². The van der Waals surface area contributed by atoms with E-state index >= 15 is 0 Å². The molecule has 0 aliphatic carbocycles. The van der Waals surface area contributed by atoms with Gasteiger partial charge in [0, 0.05) is 13.2 Å². The van der Waals surface area contributed by atoms with Gasteiger partial charge in [0.1, 0.15) is 17.3 Å². The summed E-state index contributed by atoms with van der Waals surface area (Å²) in [6, 6.07) is -0.349. The number of carbonyl (C=O) groups is 1. The molecule has 25 heavy (non-hydrogen) atoms. The van der Waals surface area contributed by atoms with E-state index in [1.807, 2.05) is 20.8 Å². The van der Waals surface area contributed by atoms with Crippen LogP contribution in [0, 0.1) is 0 Å². The minimum atomic E-state index is -1.12. The van der Waals surface area contributed by atoms with Crippen LogP contribution in [0.4, 0.5) is 4.79 Å². The van der Waals surface area contributed by atoms with Gasteiger partial charge in [-0.15, -0.1) is 0 Å². The summed E-state index contributed by atoms with van der Waals surface area (Å²) < 4.78 is 17.2. The second kappa shape index (κ2) is 9.74. The largest absolute Gasteiger partial charge is 0.444 e. The van der Waals surface area contributed by atoms with Crippen molar-refractivity contribution in [1.29, 1.82) is 0 Å². The highest BCUT2D eigenvalue weighted by Gasteiger charge is 2.52. The smallest absolute Gasteiger partial charge is 0.410 e. The first-order valence-corrected chi connectivity index (χ1v) is 9.53. The summed E-state index contributed by atoms with van der Waals surface area (Å²) in [6.07, 6.45) is 3.04. The monoisotopic (exact) mass is 359 g/mol. The molecule has 0 spiro atoms. The average molecular weight is 360 g/mol. The van der Waals surface area contributed by atoms with Gasteiger partial charge in [-0.05, 0) is 40.5 Å². The van der Waals surface area contributed by atoms with Gasteiger partial charge in [0.2, 0.25) is 0 Å². The fourth-order valence-electron chi connectivity index (χ4n) is 2.92. The Hall–Kier alpha value is -0.850. The molecular weight excluding hydrogens is 322 g/mol. The van der Waals surface area contributed by atoms with Crippen molar-refractivity contribution >= 4 is 6.09 Å². The minimum absolute atomic E-state index is 0.181. The predicted molar refractivity (Wildman–Crippen MR) is 97.7 cm³/mol. The Morgan fingerprint density at radius 3 is 2.36 bits per heavy atom. The van der Waals surface area contributed by atoms with Crippen LogP contribution in [0.3, 0.4) is 0 Å². The van der Waals surface area contributed by atoms with Crippen molar-refractivity contribution in [2.45, 2.75) is 90.6 Å². The average Bonchev–Trinajstić information content (AvgIpc) is 2.74. The lowest BCUT2D eigenvalue weighted by atomic mass is 9.99. The third kappa shape index (κ3) is 7.12. The first kappa shape index (κ1) is 22.2. The molecular formula is C19H37NO5. The molecule has 6 nitrogen and oxygen atoms in total. The Kier molecular flexibility index (Phi) is 8.64. The molecule has 0 radical (unpaired) electrons. The zero-order chi connectivity index (χ0) is 19.1. The molecule has 1 rings (SSSR count). The van der Waals surface area contributed by atoms with E-state index in [1.165, 1.54) is 0 Å². The van der Waals surface area contributed by atoms with Crippen molar-refractivity contribution in [3.63, 3.8) is 0 Å². The fourth-order valence-corrected chi connectivity index (χ4v) is 2.92. The molecule has 0 bridgehead atoms. The first-order valence-electron chi connectivity index (χ1n) is 9.53. The van der Waals surface area contributed by atoms with Gasteiger partial charge in [0.05, 0.1) is 19.2 Å². The van der Waals surface area contributed by atoms with E-state index in [0.717, 1.165) is 25.7 Å². The molecule has 1 N–H and O–H groups in total. The lowest BCUT2D eigenvalue weighted by Gasteiger charge is -2.30. The van der Waals surface area contributed by atoms with E-state index in [9.17, 15) is 9.90 Å². The number of hydrogen-bond acceptors (Lipinski definition) is 5. The van der Waals surface area contributed by atoms with E-state index in [1.54, 1.807) is 11.8 Å². The van der Waals surface area contributed by atoms with Crippen LogP contribution in [0.25, 0.3) is 0 Å². The van der Waals surface area contributed by atoms with Crippen LogP contribution in [-0.2, 0) is 14.2 Å². The number of aliphatic hydroxyl groups is 1. The van der Waals surface area contributed by atoms with Gasteiger partial charge >= 0.3 is 6.09 Å². The topological polar surface area (TPSA) is 68.2 Å². The Morgan fingerprint density at radius 2 is 1.80 bits per heavy atom. The maximum absolute atomic E-state index is 12.6. The van der Waals surface area contributed by atoms with Gasteiger partial charge in [0.25, 0.3) is 0 Å². The zero-order valence-electron chi connectivity index (χ0n) is 16.8. The zero-order valence-corrected chi connectivity index (χ0v) is 16.8. The summed E-state index contributed by atoms with van der Waals surface area (Å²) >= 11 is 0. The quantitative estimate of drug-likeness (QED) is 0.639. The number of rotatable bonds is 9. The van der Waals surface area contributed by atoms with Crippen molar-refractivity contribution in [2.75, 3.05) is 26.4 Å². The molecule has 0 aromatic heterocycles. The minimum Gasteiger partial charge on any atom is -0.444 e. The molecule has 6 heteroatoms. The second-order valence-corrected chi connectivity index (χ2v) is 8.11. The summed E-state index contributed by atoms with van der Waals surface area (Å²) in [4.78, 5) is 14.2. The van der Waals surface area contributed by atoms with Gasteiger partial charge in [-0.3, -0.25) is 4.90 Å². The standard InChI is InChI=1S/C19H37NO5/c1-7-9-11-23-13-15-16(24-12-10-8-2)19(6,22)14-20(15)17(21)25-18(3,4)5/h15-16,22H,7-14H2,1-6H3/t15-,16-,19+/m1/s1. The first-order chi connectivity index (χ1) is 11.6. The highest BCUT2D eigenvalue weighted by molar-refractivity contribution is 5.69. The van der Waals surface area contributed by atoms with Gasteiger partial charge in [0.15, 0.2) is 0 Å². The van der Waals surface area contributed by atoms with Gasteiger partial charge in [-0.2, -0.15) is 0 Å². The normalized spacial score (nSPS) is 26.9. The van der Waals surface area contributed by atoms with Crippen molar-refractivity contribution in [2.24, 2.45) is 0 Å². The van der Waals surface area contributed by atoms with Crippen molar-refractivity contribution in [3.05, 3.63) is 0 Å². The van der Waals surface area contributed by atoms with Gasteiger partial charge < -0.3 is 19.3 Å². The molecule has 1 amide bonds. The number of nitrogens with zero attached hydrogens (tertiary/aromatic N) is 1. The Bertz CT molecular complexity index is 405. The molecule has 1 saturated heterocycles. The van der Waals surface area contributed by atoms with Crippen LogP contribution < -0.4 is 0 Å². The summed E-state index contributed by atoms with van der Waals surface area (Å²) in [5.41, 5.74) is -1.71. The summed E-state index contributed by atoms with van der Waals surface area (Å²) in [6.45, 7) is 13.1. The molecule has 1 heterocycles. The SMILES string of the molecule is CCCCOC[C@@H]1[C@@H](OCCCC)[C@@](C)(O)CN1C(=O)OC(C)(C)C. The number of likely N-dealkylation sites (tertiary alicyclic amines) is 1. The number of carbonyl (C=O) groups excluding carboxylic acids is 1. The second-order valence-electron chi connectivity index (χ2n) is 8.11. The number of amides is 1. The predicted octanol–water partition coefficient (Wildman–Crippen LogP) is 3.36. The molecule has 1 fully saturated rings. The summed E-state index contributed by atoms with van der Waals surface area (Å²) in [5, 5.41) is 10.8. The third-order valence-corrected chi connectivity index (χ3v) is 4.21.